The summed E-state index contributed by atoms with van der Waals surface area (Å²) in [7, 11) is -5.14. The zero-order chi connectivity index (χ0) is 4.50. The first kappa shape index (κ1) is 10.4. The van der Waals surface area contributed by atoms with Gasteiger partial charge in [0.15, 0.2) is 0 Å². The molecule has 0 aliphatic heterocycles. The summed E-state index contributed by atoms with van der Waals surface area (Å²) in [6.07, 6.45) is 0. The molecule has 0 rings (SSSR count). The van der Waals surface area contributed by atoms with Crippen LogP contribution >= 0.6 is 7.82 Å². The average molecular weight is 140 g/mol. The maximum atomic E-state index is 8.66. The van der Waals surface area contributed by atoms with Gasteiger partial charge < -0.3 is 22.1 Å². The van der Waals surface area contributed by atoms with E-state index in [1.165, 1.54) is 0 Å². The van der Waals surface area contributed by atoms with Gasteiger partial charge in [0.05, 0.1) is 7.82 Å². The van der Waals surface area contributed by atoms with Gasteiger partial charge in [-0.1, -0.05) is 0 Å². The summed E-state index contributed by atoms with van der Waals surface area (Å²) in [5, 5.41) is 0. The molecule has 0 amide bonds. The molecule has 0 saturated heterocycles. The van der Waals surface area contributed by atoms with E-state index in [4.69, 9.17) is 19.2 Å². The van der Waals surface area contributed by atoms with E-state index in [1.807, 2.05) is 0 Å². The number of rotatable bonds is 0. The average Bonchev–Trinajstić information content (AvgIpc) is 0.722. The first-order valence-electron chi connectivity index (χ1n) is 0.748. The zero-order valence-electron chi connectivity index (χ0n) is 6.83. The summed E-state index contributed by atoms with van der Waals surface area (Å²) in [6.45, 7) is 0. The van der Waals surface area contributed by atoms with Gasteiger partial charge in [0, 0.05) is 0 Å². The van der Waals surface area contributed by atoms with Crippen molar-refractivity contribution in [1.82, 2.24) is 0 Å². The fourth-order valence-corrected chi connectivity index (χ4v) is 0. The second kappa shape index (κ2) is 3.38. The minimum absolute atomic E-state index is 0. The Morgan fingerprint density at radius 3 is 1.83 bits per heavy atom. The van der Waals surface area contributed by atoms with Crippen LogP contribution in [0.5, 0.6) is 0 Å². The quantitative estimate of drug-likeness (QED) is 0.308. The molecule has 0 aromatic heterocycles. The van der Waals surface area contributed by atoms with Crippen molar-refractivity contribution in [2.75, 3.05) is 0 Å². The third kappa shape index (κ3) is 54.6. The first-order valence-corrected chi connectivity index (χ1v) is 2.24. The molecule has 36 valence electrons. The molecular weight excluding hydrogens is 135 g/mol. The molecule has 0 aromatic carbocycles. The van der Waals surface area contributed by atoms with Gasteiger partial charge in [0.1, 0.15) is 0 Å². The summed E-state index contributed by atoms with van der Waals surface area (Å²) >= 11 is 0. The van der Waals surface area contributed by atoms with Crippen molar-refractivity contribution in [2.24, 2.45) is 0 Å². The third-order valence-corrected chi connectivity index (χ3v) is 0. The van der Waals surface area contributed by atoms with Gasteiger partial charge in [-0.2, -0.15) is 0 Å². The van der Waals surface area contributed by atoms with Crippen LogP contribution in [-0.4, -0.2) is 42.6 Å². The minimum atomic E-state index is -5.14. The third-order valence-electron chi connectivity index (χ3n) is 0. The molecule has 0 atom stereocenters. The van der Waals surface area contributed by atoms with Gasteiger partial charge in [0.2, 0.25) is 0 Å². The van der Waals surface area contributed by atoms with Crippen LogP contribution < -0.4 is 9.79 Å². The number of hydrogen-bond acceptors (Lipinski definition) is 3. The van der Waals surface area contributed by atoms with Crippen molar-refractivity contribution in [3.63, 3.8) is 0 Å². The van der Waals surface area contributed by atoms with Crippen molar-refractivity contribution >= 4 is 45.6 Å². The second-order valence-corrected chi connectivity index (χ2v) is 1.41. The van der Waals surface area contributed by atoms with Gasteiger partial charge in [0.25, 0.3) is 0 Å². The summed E-state index contributed by atoms with van der Waals surface area (Å²) in [5.74, 6) is 0. The van der Waals surface area contributed by atoms with Crippen molar-refractivity contribution in [3.05, 3.63) is 0 Å². The molecule has 0 heterocycles. The Balaban J connectivity index is -0.00000000800. The van der Waals surface area contributed by atoms with E-state index in [9.17, 15) is 0 Å². The predicted molar refractivity (Wildman–Crippen MR) is 20.0 cm³/mol. The largest absolute Gasteiger partial charge is 2.00 e. The van der Waals surface area contributed by atoms with Gasteiger partial charge in [-0.3, -0.25) is 0 Å². The first-order chi connectivity index (χ1) is 2.00. The smallest absolute Gasteiger partial charge is 1.00 e. The Kier molecular flexibility index (Phi) is 5.84. The molecule has 0 spiro atoms. The minimum Gasteiger partial charge on any atom is -1.00 e. The van der Waals surface area contributed by atoms with Crippen LogP contribution in [0.3, 0.4) is 0 Å². The van der Waals surface area contributed by atoms with E-state index < -0.39 is 7.82 Å². The van der Waals surface area contributed by atoms with Crippen molar-refractivity contribution < 1.29 is 25.0 Å². The predicted octanol–water partition coefficient (Wildman–Crippen LogP) is -2.12. The maximum Gasteiger partial charge on any atom is 2.00 e. The molecule has 4 nitrogen and oxygen atoms in total. The van der Waals surface area contributed by atoms with Crippen molar-refractivity contribution in [1.29, 1.82) is 0 Å². The van der Waals surface area contributed by atoms with E-state index in [-0.39, 0.29) is 43.4 Å². The van der Waals surface area contributed by atoms with Crippen molar-refractivity contribution in [3.8, 4) is 0 Å². The fourth-order valence-electron chi connectivity index (χ4n) is 0. The van der Waals surface area contributed by atoms with Crippen LogP contribution in [0.15, 0.2) is 0 Å². The van der Waals surface area contributed by atoms with E-state index in [0.29, 0.717) is 0 Å². The van der Waals surface area contributed by atoms with Gasteiger partial charge >= 0.3 is 40.6 Å². The van der Waals surface area contributed by atoms with Crippen LogP contribution in [0.2, 0.25) is 0 Å². The molecule has 0 aromatic rings. The van der Waals surface area contributed by atoms with E-state index in [2.05, 4.69) is 0 Å². The summed E-state index contributed by atoms with van der Waals surface area (Å²) in [6, 6.07) is 0. The molecule has 6 heteroatoms. The van der Waals surface area contributed by atoms with Crippen LogP contribution in [-0.2, 0) is 4.57 Å². The van der Waals surface area contributed by atoms with E-state index in [0.717, 1.165) is 0 Å². The molecule has 6 heavy (non-hydrogen) atoms. The van der Waals surface area contributed by atoms with Gasteiger partial charge in [-0.05, 0) is 0 Å². The Bertz CT molecular complexity index is 63.4. The summed E-state index contributed by atoms with van der Waals surface area (Å²) in [5.41, 5.74) is 0. The van der Waals surface area contributed by atoms with Crippen LogP contribution in [0.4, 0.5) is 0 Å². The van der Waals surface area contributed by atoms with E-state index in [1.54, 1.807) is 0 Å². The Labute approximate surface area is 70.4 Å². The van der Waals surface area contributed by atoms with Crippen LogP contribution in [0, 0.1) is 0 Å². The summed E-state index contributed by atoms with van der Waals surface area (Å²) < 4.78 is 8.66. The molecular formula is H5CaO4P. The Morgan fingerprint density at radius 1 is 1.83 bits per heavy atom. The zero-order valence-corrected chi connectivity index (χ0v) is 5.93. The normalized spacial score (nSPS) is 9.83. The molecule has 0 bridgehead atoms. The molecule has 0 radical (unpaired) electrons. The van der Waals surface area contributed by atoms with E-state index >= 15 is 0 Å². The second-order valence-electron chi connectivity index (χ2n) is 0.469. The topological polar surface area (TPSA) is 83.4 Å². The molecule has 0 saturated carbocycles. The van der Waals surface area contributed by atoms with Crippen LogP contribution in [0.25, 0.3) is 0 Å². The molecule has 1 N–H and O–H groups in total. The molecule has 0 aliphatic rings. The number of hydrogen-bond donors (Lipinski definition) is 1. The molecule has 0 aliphatic carbocycles. The fraction of sp³-hybridized carbons (Fsp3) is 0. The maximum absolute atomic E-state index is 8.66. The molecule has 0 fully saturated rings. The monoisotopic (exact) mass is 140 g/mol. The SMILES string of the molecule is O=P([O-])([O-])O.[Ca+2].[H+].[H+].[H-].[H-]. The standard InChI is InChI=1S/Ca.H3O4P.2H/c;1-5(2,3)4;;/h;(H3,1,2,3,4);;/q+2;;2*-1. The Morgan fingerprint density at radius 2 is 1.83 bits per heavy atom. The van der Waals surface area contributed by atoms with Gasteiger partial charge in [-0.15, -0.1) is 0 Å². The van der Waals surface area contributed by atoms with Gasteiger partial charge in [-0.25, -0.2) is 0 Å². The summed E-state index contributed by atoms with van der Waals surface area (Å²) in [4.78, 5) is 24.3. The molecule has 0 unspecified atom stereocenters. The van der Waals surface area contributed by atoms with Crippen molar-refractivity contribution in [2.45, 2.75) is 0 Å². The van der Waals surface area contributed by atoms with Crippen LogP contribution in [0.1, 0.15) is 5.71 Å². The Hall–Kier alpha value is 1.37. The number of phosphoric acid groups is 1.